The van der Waals surface area contributed by atoms with E-state index in [-0.39, 0.29) is 6.04 Å². The zero-order valence-electron chi connectivity index (χ0n) is 8.81. The van der Waals surface area contributed by atoms with Gasteiger partial charge >= 0.3 is 0 Å². The molecular formula is C11H14N2S2. The molecule has 0 aliphatic heterocycles. The Morgan fingerprint density at radius 1 is 1.33 bits per heavy atom. The molecule has 0 aliphatic rings. The maximum absolute atomic E-state index is 4.39. The van der Waals surface area contributed by atoms with Crippen molar-refractivity contribution < 1.29 is 0 Å². The van der Waals surface area contributed by atoms with Crippen LogP contribution in [0.2, 0.25) is 0 Å². The lowest BCUT2D eigenvalue weighted by atomic mass is 10.1. The number of aromatic nitrogens is 1. The molecule has 1 N–H and O–H groups in total. The van der Waals surface area contributed by atoms with E-state index in [9.17, 15) is 0 Å². The molecule has 0 saturated heterocycles. The molecular weight excluding hydrogens is 224 g/mol. The molecule has 2 aromatic heterocycles. The first-order valence-electron chi connectivity index (χ1n) is 4.95. The van der Waals surface area contributed by atoms with Gasteiger partial charge in [-0.15, -0.1) is 11.3 Å². The van der Waals surface area contributed by atoms with E-state index in [1.807, 2.05) is 11.6 Å². The van der Waals surface area contributed by atoms with Crippen molar-refractivity contribution in [3.05, 3.63) is 39.0 Å². The standard InChI is InChI=1S/C11H14N2S2/c1-8(2)13-10(9-3-5-14-7-9)11-12-4-6-15-11/h3-8,10,13H,1-2H3. The van der Waals surface area contributed by atoms with E-state index in [1.165, 1.54) is 5.56 Å². The van der Waals surface area contributed by atoms with Gasteiger partial charge in [-0.3, -0.25) is 0 Å². The van der Waals surface area contributed by atoms with Crippen LogP contribution in [0.25, 0.3) is 0 Å². The zero-order valence-corrected chi connectivity index (χ0v) is 10.4. The number of hydrogen-bond donors (Lipinski definition) is 1. The highest BCUT2D eigenvalue weighted by atomic mass is 32.1. The summed E-state index contributed by atoms with van der Waals surface area (Å²) in [5.41, 5.74) is 1.31. The number of nitrogens with one attached hydrogen (secondary N) is 1. The number of hydrogen-bond acceptors (Lipinski definition) is 4. The SMILES string of the molecule is CC(C)NC(c1ccsc1)c1nccs1. The lowest BCUT2D eigenvalue weighted by Gasteiger charge is -2.18. The predicted octanol–water partition coefficient (Wildman–Crippen LogP) is 3.29. The van der Waals surface area contributed by atoms with Crippen LogP contribution in [0.1, 0.15) is 30.5 Å². The lowest BCUT2D eigenvalue weighted by molar-refractivity contribution is 0.528. The zero-order chi connectivity index (χ0) is 10.7. The van der Waals surface area contributed by atoms with Crippen molar-refractivity contribution in [2.75, 3.05) is 0 Å². The second-order valence-electron chi connectivity index (χ2n) is 3.68. The van der Waals surface area contributed by atoms with E-state index in [0.29, 0.717) is 6.04 Å². The van der Waals surface area contributed by atoms with Crippen molar-refractivity contribution in [2.24, 2.45) is 0 Å². The van der Waals surface area contributed by atoms with Crippen LogP contribution in [0.5, 0.6) is 0 Å². The van der Waals surface area contributed by atoms with Crippen LogP contribution >= 0.6 is 22.7 Å². The minimum Gasteiger partial charge on any atom is -0.302 e. The van der Waals surface area contributed by atoms with Crippen molar-refractivity contribution in [1.29, 1.82) is 0 Å². The topological polar surface area (TPSA) is 24.9 Å². The molecule has 4 heteroatoms. The van der Waals surface area contributed by atoms with Crippen LogP contribution < -0.4 is 5.32 Å². The van der Waals surface area contributed by atoms with Crippen molar-refractivity contribution in [3.8, 4) is 0 Å². The Balaban J connectivity index is 2.25. The number of nitrogens with zero attached hydrogens (tertiary/aromatic N) is 1. The fourth-order valence-electron chi connectivity index (χ4n) is 1.46. The lowest BCUT2D eigenvalue weighted by Crippen LogP contribution is -2.28. The Labute approximate surface area is 98.0 Å². The van der Waals surface area contributed by atoms with Crippen molar-refractivity contribution in [3.63, 3.8) is 0 Å². The highest BCUT2D eigenvalue weighted by Gasteiger charge is 2.17. The van der Waals surface area contributed by atoms with Crippen molar-refractivity contribution in [1.82, 2.24) is 10.3 Å². The van der Waals surface area contributed by atoms with Crippen LogP contribution in [0.15, 0.2) is 28.4 Å². The quantitative estimate of drug-likeness (QED) is 0.884. The van der Waals surface area contributed by atoms with Crippen molar-refractivity contribution in [2.45, 2.75) is 25.9 Å². The highest BCUT2D eigenvalue weighted by molar-refractivity contribution is 7.09. The van der Waals surface area contributed by atoms with Crippen molar-refractivity contribution >= 4 is 22.7 Å². The second-order valence-corrected chi connectivity index (χ2v) is 5.39. The summed E-state index contributed by atoms with van der Waals surface area (Å²) in [5.74, 6) is 0. The van der Waals surface area contributed by atoms with E-state index in [0.717, 1.165) is 5.01 Å². The van der Waals surface area contributed by atoms with E-state index in [1.54, 1.807) is 22.7 Å². The van der Waals surface area contributed by atoms with Gasteiger partial charge < -0.3 is 5.32 Å². The molecule has 15 heavy (non-hydrogen) atoms. The molecule has 0 aliphatic carbocycles. The first-order chi connectivity index (χ1) is 7.27. The van der Waals surface area contributed by atoms with Gasteiger partial charge in [0, 0.05) is 17.6 Å². The Hall–Kier alpha value is -0.710. The summed E-state index contributed by atoms with van der Waals surface area (Å²) in [6.45, 7) is 4.32. The fraction of sp³-hybridized carbons (Fsp3) is 0.364. The summed E-state index contributed by atoms with van der Waals surface area (Å²) in [6.07, 6.45) is 1.86. The van der Waals surface area contributed by atoms with E-state index >= 15 is 0 Å². The van der Waals surface area contributed by atoms with Gasteiger partial charge in [0.2, 0.25) is 0 Å². The summed E-state index contributed by atoms with van der Waals surface area (Å²) in [7, 11) is 0. The monoisotopic (exact) mass is 238 g/mol. The van der Waals surface area contributed by atoms with Gasteiger partial charge in [-0.2, -0.15) is 11.3 Å². The first-order valence-corrected chi connectivity index (χ1v) is 6.77. The fourth-order valence-corrected chi connectivity index (χ4v) is 2.87. The van der Waals surface area contributed by atoms with Gasteiger partial charge in [-0.1, -0.05) is 0 Å². The molecule has 2 aromatic rings. The first kappa shape index (κ1) is 10.8. The van der Waals surface area contributed by atoms with Crippen LogP contribution in [0, 0.1) is 0 Å². The Morgan fingerprint density at radius 3 is 2.73 bits per heavy atom. The number of thiophene rings is 1. The minimum atomic E-state index is 0.247. The van der Waals surface area contributed by atoms with Gasteiger partial charge in [0.05, 0.1) is 6.04 Å². The molecule has 0 bridgehead atoms. The van der Waals surface area contributed by atoms with Gasteiger partial charge in [-0.05, 0) is 36.2 Å². The van der Waals surface area contributed by atoms with Gasteiger partial charge in [0.15, 0.2) is 0 Å². The summed E-state index contributed by atoms with van der Waals surface area (Å²) in [6, 6.07) is 2.86. The van der Waals surface area contributed by atoms with Crippen LogP contribution in [0.3, 0.4) is 0 Å². The molecule has 2 nitrogen and oxygen atoms in total. The molecule has 1 unspecified atom stereocenters. The third-order valence-corrected chi connectivity index (χ3v) is 3.62. The van der Waals surface area contributed by atoms with E-state index in [4.69, 9.17) is 0 Å². The highest BCUT2D eigenvalue weighted by Crippen LogP contribution is 2.25. The van der Waals surface area contributed by atoms with Crippen LogP contribution in [-0.4, -0.2) is 11.0 Å². The molecule has 1 atom stereocenters. The Kier molecular flexibility index (Phi) is 3.51. The molecule has 2 heterocycles. The number of thiazole rings is 1. The molecule has 2 rings (SSSR count). The predicted molar refractivity (Wildman–Crippen MR) is 66.5 cm³/mol. The largest absolute Gasteiger partial charge is 0.302 e. The molecule has 0 spiro atoms. The molecule has 0 saturated carbocycles. The summed E-state index contributed by atoms with van der Waals surface area (Å²) in [4.78, 5) is 4.39. The maximum atomic E-state index is 4.39. The van der Waals surface area contributed by atoms with E-state index in [2.05, 4.69) is 41.0 Å². The smallest absolute Gasteiger partial charge is 0.114 e. The average molecular weight is 238 g/mol. The molecule has 0 radical (unpaired) electrons. The van der Waals surface area contributed by atoms with E-state index < -0.39 is 0 Å². The third kappa shape index (κ3) is 2.65. The maximum Gasteiger partial charge on any atom is 0.114 e. The second kappa shape index (κ2) is 4.88. The van der Waals surface area contributed by atoms with Gasteiger partial charge in [-0.25, -0.2) is 4.98 Å². The Bertz CT molecular complexity index is 344. The van der Waals surface area contributed by atoms with Gasteiger partial charge in [0.1, 0.15) is 5.01 Å². The van der Waals surface area contributed by atoms with Gasteiger partial charge in [0.25, 0.3) is 0 Å². The molecule has 0 fully saturated rings. The normalized spacial score (nSPS) is 13.3. The van der Waals surface area contributed by atoms with Crippen LogP contribution in [-0.2, 0) is 0 Å². The Morgan fingerprint density at radius 2 is 2.20 bits per heavy atom. The minimum absolute atomic E-state index is 0.247. The summed E-state index contributed by atoms with van der Waals surface area (Å²) >= 11 is 3.43. The summed E-state index contributed by atoms with van der Waals surface area (Å²) in [5, 5.41) is 11.0. The third-order valence-electron chi connectivity index (χ3n) is 2.07. The molecule has 0 amide bonds. The average Bonchev–Trinajstić information content (AvgIpc) is 2.87. The van der Waals surface area contributed by atoms with Crippen LogP contribution in [0.4, 0.5) is 0 Å². The summed E-state index contributed by atoms with van der Waals surface area (Å²) < 4.78 is 0. The molecule has 0 aromatic carbocycles. The number of rotatable bonds is 4. The molecule has 80 valence electrons.